The molecular weight excluding hydrogens is 330 g/mol. The Morgan fingerprint density at radius 1 is 1.35 bits per heavy atom. The van der Waals surface area contributed by atoms with Crippen LogP contribution in [0.1, 0.15) is 35.1 Å². The quantitative estimate of drug-likeness (QED) is 0.784. The molecule has 7 heteroatoms. The Labute approximate surface area is 151 Å². The number of nitrogens with one attached hydrogen (secondary N) is 1. The van der Waals surface area contributed by atoms with Crippen molar-refractivity contribution >= 4 is 5.91 Å². The summed E-state index contributed by atoms with van der Waals surface area (Å²) >= 11 is 0. The monoisotopic (exact) mass is 351 g/mol. The third kappa shape index (κ3) is 2.96. The van der Waals surface area contributed by atoms with Gasteiger partial charge < -0.3 is 14.6 Å². The minimum Gasteiger partial charge on any atom is -0.497 e. The fraction of sp³-hybridized carbons (Fsp3) is 0.316. The number of benzene rings is 1. The third-order valence-electron chi connectivity index (χ3n) is 4.76. The molecule has 1 fully saturated rings. The van der Waals surface area contributed by atoms with E-state index in [1.165, 1.54) is 0 Å². The first-order chi connectivity index (χ1) is 12.7. The highest BCUT2D eigenvalue weighted by molar-refractivity contribution is 5.94. The molecule has 0 spiro atoms. The minimum atomic E-state index is -0.0398. The molecule has 1 aliphatic heterocycles. The zero-order valence-electron chi connectivity index (χ0n) is 14.8. The first-order valence-corrected chi connectivity index (χ1v) is 8.64. The first-order valence-electron chi connectivity index (χ1n) is 8.64. The maximum absolute atomic E-state index is 12.8. The number of rotatable bonds is 4. The maximum Gasteiger partial charge on any atom is 0.257 e. The van der Waals surface area contributed by atoms with Crippen LogP contribution in [0.2, 0.25) is 0 Å². The van der Waals surface area contributed by atoms with Crippen LogP contribution in [-0.2, 0) is 7.05 Å². The Morgan fingerprint density at radius 3 is 3.00 bits per heavy atom. The number of carbonyl (C=O) groups is 1. The van der Waals surface area contributed by atoms with Gasteiger partial charge in [0, 0.05) is 25.4 Å². The van der Waals surface area contributed by atoms with Gasteiger partial charge in [-0.25, -0.2) is 4.98 Å². The van der Waals surface area contributed by atoms with Crippen LogP contribution in [0.3, 0.4) is 0 Å². The zero-order valence-corrected chi connectivity index (χ0v) is 14.8. The van der Waals surface area contributed by atoms with Crippen LogP contribution in [0.4, 0.5) is 0 Å². The van der Waals surface area contributed by atoms with Crippen molar-refractivity contribution in [2.45, 2.75) is 18.9 Å². The number of H-pyrrole nitrogens is 1. The van der Waals surface area contributed by atoms with Crippen LogP contribution in [0.25, 0.3) is 11.3 Å². The van der Waals surface area contributed by atoms with Crippen LogP contribution < -0.4 is 4.74 Å². The van der Waals surface area contributed by atoms with Gasteiger partial charge in [0.1, 0.15) is 11.6 Å². The van der Waals surface area contributed by atoms with E-state index in [0.29, 0.717) is 5.56 Å². The molecule has 1 aliphatic rings. The highest BCUT2D eigenvalue weighted by Gasteiger charge is 2.33. The summed E-state index contributed by atoms with van der Waals surface area (Å²) in [5, 5.41) is 4.10. The van der Waals surface area contributed by atoms with Crippen molar-refractivity contribution in [1.29, 1.82) is 0 Å². The average molecular weight is 351 g/mol. The fourth-order valence-corrected chi connectivity index (χ4v) is 3.43. The summed E-state index contributed by atoms with van der Waals surface area (Å²) in [7, 11) is 3.46. The molecule has 1 amide bonds. The maximum atomic E-state index is 12.8. The molecule has 134 valence electrons. The molecule has 1 atom stereocenters. The number of aromatic nitrogens is 4. The Morgan fingerprint density at radius 2 is 2.23 bits per heavy atom. The predicted octanol–water partition coefficient (Wildman–Crippen LogP) is 2.80. The van der Waals surface area contributed by atoms with Crippen LogP contribution >= 0.6 is 0 Å². The Kier molecular flexibility index (Phi) is 4.20. The zero-order chi connectivity index (χ0) is 18.1. The van der Waals surface area contributed by atoms with E-state index in [0.717, 1.165) is 42.2 Å². The van der Waals surface area contributed by atoms with Crippen molar-refractivity contribution < 1.29 is 9.53 Å². The number of methoxy groups -OCH3 is 1. The van der Waals surface area contributed by atoms with Gasteiger partial charge in [-0.3, -0.25) is 9.48 Å². The summed E-state index contributed by atoms with van der Waals surface area (Å²) in [4.78, 5) is 22.6. The number of aryl methyl sites for hydroxylation is 1. The lowest BCUT2D eigenvalue weighted by molar-refractivity contribution is 0.0730. The van der Waals surface area contributed by atoms with Crippen LogP contribution in [0.15, 0.2) is 42.9 Å². The highest BCUT2D eigenvalue weighted by atomic mass is 16.5. The number of likely N-dealkylation sites (tertiary alicyclic amines) is 1. The molecule has 1 aromatic carbocycles. The van der Waals surface area contributed by atoms with E-state index in [9.17, 15) is 4.79 Å². The van der Waals surface area contributed by atoms with Crippen molar-refractivity contribution in [2.75, 3.05) is 13.7 Å². The SMILES string of the molecule is COc1cccc(-c2cnc(C3CCCN3C(=O)c3cnn(C)c3)[nH]2)c1. The summed E-state index contributed by atoms with van der Waals surface area (Å²) in [6, 6.07) is 7.79. The van der Waals surface area contributed by atoms with Crippen LogP contribution in [0.5, 0.6) is 5.75 Å². The van der Waals surface area contributed by atoms with Gasteiger partial charge in [0.25, 0.3) is 5.91 Å². The van der Waals surface area contributed by atoms with Gasteiger partial charge in [-0.2, -0.15) is 5.10 Å². The average Bonchev–Trinajstić information content (AvgIpc) is 3.40. The number of carbonyl (C=O) groups excluding carboxylic acids is 1. The van der Waals surface area contributed by atoms with Crippen molar-refractivity contribution in [2.24, 2.45) is 7.05 Å². The van der Waals surface area contributed by atoms with Crippen LogP contribution in [-0.4, -0.2) is 44.2 Å². The summed E-state index contributed by atoms with van der Waals surface area (Å²) in [5.74, 6) is 1.62. The topological polar surface area (TPSA) is 76.0 Å². The van der Waals surface area contributed by atoms with Gasteiger partial charge in [-0.15, -0.1) is 0 Å². The Hall–Kier alpha value is -3.09. The minimum absolute atomic E-state index is 0.0000645. The molecule has 3 heterocycles. The number of hydrogen-bond acceptors (Lipinski definition) is 4. The molecule has 0 radical (unpaired) electrons. The molecule has 1 N–H and O–H groups in total. The number of ether oxygens (including phenoxy) is 1. The second kappa shape index (κ2) is 6.67. The van der Waals surface area contributed by atoms with E-state index in [4.69, 9.17) is 4.74 Å². The fourth-order valence-electron chi connectivity index (χ4n) is 3.43. The van der Waals surface area contributed by atoms with E-state index >= 15 is 0 Å². The molecule has 7 nitrogen and oxygen atoms in total. The van der Waals surface area contributed by atoms with E-state index in [2.05, 4.69) is 15.1 Å². The Bertz CT molecular complexity index is 929. The first kappa shape index (κ1) is 16.4. The lowest BCUT2D eigenvalue weighted by Gasteiger charge is -2.22. The van der Waals surface area contributed by atoms with Gasteiger partial charge in [0.05, 0.1) is 36.8 Å². The summed E-state index contributed by atoms with van der Waals surface area (Å²) in [5.41, 5.74) is 2.53. The predicted molar refractivity (Wildman–Crippen MR) is 96.8 cm³/mol. The number of nitrogens with zero attached hydrogens (tertiary/aromatic N) is 4. The second-order valence-corrected chi connectivity index (χ2v) is 6.47. The largest absolute Gasteiger partial charge is 0.497 e. The van der Waals surface area contributed by atoms with Crippen molar-refractivity contribution in [3.05, 3.63) is 54.2 Å². The Balaban J connectivity index is 1.59. The molecule has 0 bridgehead atoms. The summed E-state index contributed by atoms with van der Waals surface area (Å²) < 4.78 is 6.93. The van der Waals surface area contributed by atoms with Gasteiger partial charge in [-0.1, -0.05) is 12.1 Å². The molecule has 1 unspecified atom stereocenters. The van der Waals surface area contributed by atoms with Crippen molar-refractivity contribution in [1.82, 2.24) is 24.6 Å². The highest BCUT2D eigenvalue weighted by Crippen LogP contribution is 2.33. The van der Waals surface area contributed by atoms with E-state index in [1.807, 2.05) is 42.4 Å². The molecule has 0 aliphatic carbocycles. The van der Waals surface area contributed by atoms with Gasteiger partial charge >= 0.3 is 0 Å². The normalized spacial score (nSPS) is 16.8. The smallest absolute Gasteiger partial charge is 0.257 e. The lowest BCUT2D eigenvalue weighted by atomic mass is 10.1. The molecule has 1 saturated heterocycles. The number of imidazole rings is 1. The van der Waals surface area contributed by atoms with Crippen LogP contribution in [0, 0.1) is 0 Å². The molecule has 4 rings (SSSR count). The summed E-state index contributed by atoms with van der Waals surface area (Å²) in [6.45, 7) is 0.730. The van der Waals surface area contributed by atoms with Gasteiger partial charge in [-0.05, 0) is 25.0 Å². The summed E-state index contributed by atoms with van der Waals surface area (Å²) in [6.07, 6.45) is 7.04. The van der Waals surface area contributed by atoms with Gasteiger partial charge in [0.2, 0.25) is 0 Å². The molecular formula is C19H21N5O2. The molecule has 26 heavy (non-hydrogen) atoms. The third-order valence-corrected chi connectivity index (χ3v) is 4.76. The standard InChI is InChI=1S/C19H21N5O2/c1-23-12-14(10-21-23)19(25)24-8-4-7-17(24)18-20-11-16(22-18)13-5-3-6-15(9-13)26-2/h3,5-6,9-12,17H,4,7-8H2,1-2H3,(H,20,22). The van der Waals surface area contributed by atoms with E-state index < -0.39 is 0 Å². The van der Waals surface area contributed by atoms with Crippen molar-refractivity contribution in [3.63, 3.8) is 0 Å². The number of amides is 1. The van der Waals surface area contributed by atoms with Crippen molar-refractivity contribution in [3.8, 4) is 17.0 Å². The molecule has 2 aromatic heterocycles. The number of aromatic amines is 1. The molecule has 0 saturated carbocycles. The number of hydrogen-bond donors (Lipinski definition) is 1. The lowest BCUT2D eigenvalue weighted by Crippen LogP contribution is -2.30. The van der Waals surface area contributed by atoms with E-state index in [-0.39, 0.29) is 11.9 Å². The molecule has 3 aromatic rings. The second-order valence-electron chi connectivity index (χ2n) is 6.47. The van der Waals surface area contributed by atoms with E-state index in [1.54, 1.807) is 24.2 Å². The van der Waals surface area contributed by atoms with Gasteiger partial charge in [0.15, 0.2) is 0 Å².